The number of rotatable bonds is 8. The minimum atomic E-state index is -0.909. The van der Waals surface area contributed by atoms with Gasteiger partial charge in [0.2, 0.25) is 0 Å². The fourth-order valence-corrected chi connectivity index (χ4v) is 3.83. The predicted octanol–water partition coefficient (Wildman–Crippen LogP) is 3.52. The van der Waals surface area contributed by atoms with Gasteiger partial charge >= 0.3 is 5.97 Å². The average Bonchev–Trinajstić information content (AvgIpc) is 2.88. The van der Waals surface area contributed by atoms with Crippen LogP contribution in [0.5, 0.6) is 5.75 Å². The van der Waals surface area contributed by atoms with Gasteiger partial charge in [-0.3, -0.25) is 14.0 Å². The lowest BCUT2D eigenvalue weighted by Gasteiger charge is -2.16. The van der Waals surface area contributed by atoms with E-state index in [2.05, 4.69) is 9.98 Å². The molecule has 4 aromatic rings. The first kappa shape index (κ1) is 24.8. The van der Waals surface area contributed by atoms with E-state index in [0.717, 1.165) is 6.42 Å². The van der Waals surface area contributed by atoms with Gasteiger partial charge < -0.3 is 14.0 Å². The van der Waals surface area contributed by atoms with Crippen molar-refractivity contribution in [2.45, 2.75) is 46.3 Å². The zero-order valence-corrected chi connectivity index (χ0v) is 20.5. The second-order valence-corrected chi connectivity index (χ2v) is 8.21. The summed E-state index contributed by atoms with van der Waals surface area (Å²) in [5.74, 6) is -0.727. The number of hydrogen-bond acceptors (Lipinski definition) is 6. The van der Waals surface area contributed by atoms with Gasteiger partial charge in [0, 0.05) is 12.7 Å². The van der Waals surface area contributed by atoms with Crippen molar-refractivity contribution in [3.63, 3.8) is 0 Å². The summed E-state index contributed by atoms with van der Waals surface area (Å²) >= 11 is 0. The monoisotopic (exact) mass is 488 g/mol. The Balaban J connectivity index is 1.97. The van der Waals surface area contributed by atoms with Gasteiger partial charge in [-0.25, -0.2) is 9.78 Å². The number of aryl methyl sites for hydroxylation is 1. The summed E-state index contributed by atoms with van der Waals surface area (Å²) in [5.41, 5.74) is 0.578. The fourth-order valence-electron chi connectivity index (χ4n) is 3.83. The van der Waals surface area contributed by atoms with Crippen molar-refractivity contribution < 1.29 is 19.1 Å². The van der Waals surface area contributed by atoms with E-state index in [0.29, 0.717) is 30.0 Å². The first-order chi connectivity index (χ1) is 17.4. The van der Waals surface area contributed by atoms with E-state index < -0.39 is 18.0 Å². The molecule has 0 saturated heterocycles. The van der Waals surface area contributed by atoms with Crippen LogP contribution in [0.4, 0.5) is 0 Å². The van der Waals surface area contributed by atoms with Crippen molar-refractivity contribution in [3.8, 4) is 5.75 Å². The number of unbranched alkanes of at least 4 members (excludes halogenated alkanes) is 1. The molecule has 1 aromatic carbocycles. The molecule has 0 N–H and O–H groups in total. The summed E-state index contributed by atoms with van der Waals surface area (Å²) in [6.45, 7) is 5.83. The molecule has 0 radical (unpaired) electrons. The molecule has 0 saturated carbocycles. The molecule has 9 heteroatoms. The Hall–Kier alpha value is -4.27. The van der Waals surface area contributed by atoms with Crippen LogP contribution in [0.25, 0.3) is 16.7 Å². The highest BCUT2D eigenvalue weighted by molar-refractivity contribution is 5.94. The second-order valence-electron chi connectivity index (χ2n) is 8.21. The van der Waals surface area contributed by atoms with Gasteiger partial charge in [-0.15, -0.1) is 0 Å². The molecule has 9 nitrogen and oxygen atoms in total. The molecule has 0 bridgehead atoms. The number of para-hydroxylation sites is 1. The first-order valence-electron chi connectivity index (χ1n) is 12.0. The van der Waals surface area contributed by atoms with Gasteiger partial charge in [-0.05, 0) is 50.6 Å². The molecular weight excluding hydrogens is 460 g/mol. The largest absolute Gasteiger partial charge is 0.481 e. The van der Waals surface area contributed by atoms with Crippen LogP contribution in [-0.2, 0) is 16.1 Å². The van der Waals surface area contributed by atoms with Crippen LogP contribution in [0.2, 0.25) is 0 Å². The first-order valence-corrected chi connectivity index (χ1v) is 12.0. The third-order valence-corrected chi connectivity index (χ3v) is 5.64. The predicted molar refractivity (Wildman–Crippen MR) is 135 cm³/mol. The number of ether oxygens (including phenoxy) is 2. The van der Waals surface area contributed by atoms with Crippen LogP contribution >= 0.6 is 0 Å². The fraction of sp³-hybridized carbons (Fsp3) is 0.296. The molecule has 36 heavy (non-hydrogen) atoms. The van der Waals surface area contributed by atoms with E-state index in [9.17, 15) is 14.4 Å². The minimum Gasteiger partial charge on any atom is -0.481 e. The summed E-state index contributed by atoms with van der Waals surface area (Å²) in [4.78, 5) is 48.5. The van der Waals surface area contributed by atoms with Crippen molar-refractivity contribution in [1.82, 2.24) is 14.0 Å². The third-order valence-electron chi connectivity index (χ3n) is 5.64. The van der Waals surface area contributed by atoms with Crippen LogP contribution < -0.4 is 15.8 Å². The molecule has 4 rings (SSSR count). The van der Waals surface area contributed by atoms with E-state index in [1.165, 1.54) is 10.5 Å². The van der Waals surface area contributed by atoms with Gasteiger partial charge in [0.1, 0.15) is 22.6 Å². The van der Waals surface area contributed by atoms with Crippen LogP contribution in [0.1, 0.15) is 44.0 Å². The summed E-state index contributed by atoms with van der Waals surface area (Å²) in [7, 11) is 0. The zero-order valence-electron chi connectivity index (χ0n) is 20.5. The maximum absolute atomic E-state index is 13.3. The number of fused-ring (bicyclic) bond motifs is 2. The number of esters is 1. The normalized spacial score (nSPS) is 12.6. The molecule has 0 aliphatic rings. The number of carbonyl (C=O) groups excluding carboxylic acids is 2. The van der Waals surface area contributed by atoms with Crippen molar-refractivity contribution in [2.24, 2.45) is 4.99 Å². The summed E-state index contributed by atoms with van der Waals surface area (Å²) in [5, 5.41) is 0.234. The lowest BCUT2D eigenvalue weighted by atomic mass is 10.2. The Bertz CT molecular complexity index is 1540. The Morgan fingerprint density at radius 2 is 1.83 bits per heavy atom. The molecule has 0 aliphatic heterocycles. The molecule has 3 aromatic heterocycles. The minimum absolute atomic E-state index is 0.0236. The summed E-state index contributed by atoms with van der Waals surface area (Å²) in [6, 6.07) is 15.6. The van der Waals surface area contributed by atoms with Crippen molar-refractivity contribution in [2.75, 3.05) is 6.61 Å². The molecule has 3 heterocycles. The Kier molecular flexibility index (Phi) is 7.58. The Morgan fingerprint density at radius 1 is 1.08 bits per heavy atom. The second kappa shape index (κ2) is 11.0. The van der Waals surface area contributed by atoms with Gasteiger partial charge in [-0.1, -0.05) is 37.6 Å². The molecule has 0 spiro atoms. The van der Waals surface area contributed by atoms with Crippen LogP contribution in [0.15, 0.2) is 70.6 Å². The molecule has 1 atom stereocenters. The Morgan fingerprint density at radius 3 is 2.56 bits per heavy atom. The van der Waals surface area contributed by atoms with Crippen LogP contribution in [0.3, 0.4) is 0 Å². The van der Waals surface area contributed by atoms with Gasteiger partial charge in [0.05, 0.1) is 12.0 Å². The highest BCUT2D eigenvalue weighted by Gasteiger charge is 2.21. The quantitative estimate of drug-likeness (QED) is 0.278. The molecule has 186 valence electrons. The lowest BCUT2D eigenvalue weighted by molar-refractivity contribution is -0.124. The average molecular weight is 489 g/mol. The number of benzene rings is 1. The molecular formula is C27H28N4O5. The van der Waals surface area contributed by atoms with E-state index >= 15 is 0 Å². The van der Waals surface area contributed by atoms with Gasteiger partial charge in [0.15, 0.2) is 11.6 Å². The molecule has 0 fully saturated rings. The summed E-state index contributed by atoms with van der Waals surface area (Å²) in [6.07, 6.45) is 2.27. The molecule has 1 unspecified atom stereocenters. The third kappa shape index (κ3) is 5.05. The maximum atomic E-state index is 13.3. The standard InChI is InChI=1S/C27H28N4O5/c1-4-6-15-31-23-20(26(33)30-16-11-10-14-22(30)28-23)17-21(27(34)35-5-2)24(31)29-25(32)18(3)36-19-12-8-7-9-13-19/h7-14,16-18H,4-6,15H2,1-3H3. The van der Waals surface area contributed by atoms with Gasteiger partial charge in [0.25, 0.3) is 11.5 Å². The Labute approximate surface area is 207 Å². The van der Waals surface area contributed by atoms with E-state index in [1.54, 1.807) is 67.1 Å². The number of nitrogens with zero attached hydrogens (tertiary/aromatic N) is 4. The number of amides is 1. The zero-order chi connectivity index (χ0) is 25.7. The van der Waals surface area contributed by atoms with Gasteiger partial charge in [-0.2, -0.15) is 4.99 Å². The topological polar surface area (TPSA) is 104 Å². The van der Waals surface area contributed by atoms with Crippen LogP contribution in [-0.4, -0.2) is 38.5 Å². The highest BCUT2D eigenvalue weighted by atomic mass is 16.5. The van der Waals surface area contributed by atoms with E-state index in [4.69, 9.17) is 9.47 Å². The summed E-state index contributed by atoms with van der Waals surface area (Å²) < 4.78 is 14.1. The van der Waals surface area contributed by atoms with Crippen molar-refractivity contribution >= 4 is 28.6 Å². The molecule has 0 aliphatic carbocycles. The number of carbonyl (C=O) groups is 2. The molecule has 1 amide bonds. The van der Waals surface area contributed by atoms with Crippen molar-refractivity contribution in [1.29, 1.82) is 0 Å². The van der Waals surface area contributed by atoms with Crippen LogP contribution in [0, 0.1) is 0 Å². The number of hydrogen-bond donors (Lipinski definition) is 0. The van der Waals surface area contributed by atoms with E-state index in [1.807, 2.05) is 13.0 Å². The maximum Gasteiger partial charge on any atom is 0.341 e. The van der Waals surface area contributed by atoms with E-state index in [-0.39, 0.29) is 28.6 Å². The highest BCUT2D eigenvalue weighted by Crippen LogP contribution is 2.14. The SMILES string of the molecule is CCCCn1c(=NC(=O)C(C)Oc2ccccc2)c(C(=O)OCC)cc2c(=O)n3ccccc3nc21. The number of pyridine rings is 2. The lowest BCUT2D eigenvalue weighted by Crippen LogP contribution is -2.34. The smallest absolute Gasteiger partial charge is 0.341 e. The number of aromatic nitrogens is 3. The van der Waals surface area contributed by atoms with Crippen molar-refractivity contribution in [3.05, 3.63) is 82.2 Å².